The van der Waals surface area contributed by atoms with Crippen LogP contribution in [0.3, 0.4) is 0 Å². The molecular formula is C26H43ClSi. The summed E-state index contributed by atoms with van der Waals surface area (Å²) >= 11 is 5.98. The Morgan fingerprint density at radius 3 is 2.18 bits per heavy atom. The van der Waals surface area contributed by atoms with Crippen LogP contribution >= 0.6 is 11.6 Å². The Balaban J connectivity index is 1.25. The molecule has 1 aliphatic heterocycles. The monoisotopic (exact) mass is 418 g/mol. The van der Waals surface area contributed by atoms with Crippen molar-refractivity contribution in [1.82, 2.24) is 0 Å². The van der Waals surface area contributed by atoms with Crippen molar-refractivity contribution in [2.45, 2.75) is 109 Å². The number of hydrogen-bond acceptors (Lipinski definition) is 0. The third-order valence-corrected chi connectivity index (χ3v) is 11.7. The molecule has 1 saturated carbocycles. The minimum atomic E-state index is -0.319. The topological polar surface area (TPSA) is 0 Å². The fourth-order valence-electron chi connectivity index (χ4n) is 5.99. The Hall–Kier alpha value is -0.273. The lowest BCUT2D eigenvalue weighted by atomic mass is 9.73. The summed E-state index contributed by atoms with van der Waals surface area (Å²) in [4.78, 5) is 0. The first-order chi connectivity index (χ1) is 13.7. The highest BCUT2D eigenvalue weighted by Gasteiger charge is 2.30. The predicted octanol–water partition coefficient (Wildman–Crippen LogP) is 8.69. The fourth-order valence-corrected chi connectivity index (χ4v) is 9.65. The molecule has 158 valence electrons. The van der Waals surface area contributed by atoms with Crippen molar-refractivity contribution in [1.29, 1.82) is 0 Å². The van der Waals surface area contributed by atoms with E-state index in [4.69, 9.17) is 11.6 Å². The molecule has 0 N–H and O–H groups in total. The standard InChI is InChI=1S/C26H43ClSi/c1-2-3-6-19-28-20-17-25(18-21-28)24-13-9-22(10-14-24)7-4-5-8-23-11-15-26(27)16-12-23/h11-12,15-16,22,24-25,28H,2-10,13-14,17-21H2,1H3. The first-order valence-corrected chi connectivity index (χ1v) is 15.3. The molecule has 0 amide bonds. The average molecular weight is 419 g/mol. The van der Waals surface area contributed by atoms with Gasteiger partial charge >= 0.3 is 0 Å². The second-order valence-corrected chi connectivity index (χ2v) is 13.8. The number of halogens is 1. The molecule has 1 aromatic rings. The van der Waals surface area contributed by atoms with Crippen molar-refractivity contribution < 1.29 is 0 Å². The zero-order valence-corrected chi connectivity index (χ0v) is 20.2. The second kappa shape index (κ2) is 12.4. The first-order valence-electron chi connectivity index (χ1n) is 12.5. The normalized spacial score (nSPS) is 28.4. The maximum Gasteiger partial charge on any atom is 0.0406 e. The summed E-state index contributed by atoms with van der Waals surface area (Å²) in [5.74, 6) is 3.23. The van der Waals surface area contributed by atoms with E-state index >= 15 is 0 Å². The van der Waals surface area contributed by atoms with Crippen LogP contribution in [0.25, 0.3) is 0 Å². The van der Waals surface area contributed by atoms with Gasteiger partial charge in [0.1, 0.15) is 0 Å². The van der Waals surface area contributed by atoms with Gasteiger partial charge in [0.05, 0.1) is 0 Å². The van der Waals surface area contributed by atoms with Gasteiger partial charge in [-0.1, -0.05) is 107 Å². The molecule has 2 aliphatic rings. The fraction of sp³-hybridized carbons (Fsp3) is 0.769. The minimum absolute atomic E-state index is 0.319. The highest BCUT2D eigenvalue weighted by molar-refractivity contribution is 6.58. The van der Waals surface area contributed by atoms with Crippen LogP contribution in [0.4, 0.5) is 0 Å². The summed E-state index contributed by atoms with van der Waals surface area (Å²) in [5.41, 5.74) is 1.45. The van der Waals surface area contributed by atoms with E-state index in [0.717, 1.165) is 22.8 Å². The van der Waals surface area contributed by atoms with Crippen molar-refractivity contribution in [3.8, 4) is 0 Å². The Bertz CT molecular complexity index is 524. The summed E-state index contributed by atoms with van der Waals surface area (Å²) in [7, 11) is -0.319. The van der Waals surface area contributed by atoms with E-state index in [1.165, 1.54) is 56.9 Å². The molecule has 1 saturated heterocycles. The zero-order chi connectivity index (χ0) is 19.6. The molecule has 1 aliphatic carbocycles. The molecule has 0 unspecified atom stereocenters. The number of unbranched alkanes of at least 4 members (excludes halogenated alkanes) is 3. The molecule has 2 fully saturated rings. The van der Waals surface area contributed by atoms with Gasteiger partial charge in [0.2, 0.25) is 0 Å². The first kappa shape index (κ1) is 22.4. The minimum Gasteiger partial charge on any atom is -0.0843 e. The lowest BCUT2D eigenvalue weighted by Crippen LogP contribution is -2.28. The van der Waals surface area contributed by atoms with Gasteiger partial charge in [-0.05, 0) is 61.1 Å². The summed E-state index contributed by atoms with van der Waals surface area (Å²) in [5, 5.41) is 0.854. The number of hydrogen-bond donors (Lipinski definition) is 0. The molecule has 0 nitrogen and oxygen atoms in total. The number of rotatable bonds is 10. The van der Waals surface area contributed by atoms with E-state index in [0.29, 0.717) is 0 Å². The smallest absolute Gasteiger partial charge is 0.0406 e. The van der Waals surface area contributed by atoms with Gasteiger partial charge in [-0.25, -0.2) is 0 Å². The molecule has 0 aromatic heterocycles. The number of benzene rings is 1. The highest BCUT2D eigenvalue weighted by Crippen LogP contribution is 2.42. The summed E-state index contributed by atoms with van der Waals surface area (Å²) in [6, 6.07) is 13.4. The maximum absolute atomic E-state index is 5.98. The van der Waals surface area contributed by atoms with E-state index in [1.54, 1.807) is 50.2 Å². The third kappa shape index (κ3) is 7.52. The molecule has 2 heteroatoms. The molecule has 3 rings (SSSR count). The molecule has 28 heavy (non-hydrogen) atoms. The Labute approximate surface area is 181 Å². The van der Waals surface area contributed by atoms with Crippen LogP contribution in [0.2, 0.25) is 23.2 Å². The quantitative estimate of drug-likeness (QED) is 0.263. The summed E-state index contributed by atoms with van der Waals surface area (Å²) < 4.78 is 0. The largest absolute Gasteiger partial charge is 0.0843 e. The third-order valence-electron chi connectivity index (χ3n) is 7.91. The van der Waals surface area contributed by atoms with Crippen molar-refractivity contribution >= 4 is 20.4 Å². The van der Waals surface area contributed by atoms with E-state index in [1.807, 2.05) is 12.1 Å². The molecule has 0 radical (unpaired) electrons. The van der Waals surface area contributed by atoms with Crippen LogP contribution in [0.5, 0.6) is 0 Å². The lowest BCUT2D eigenvalue weighted by Gasteiger charge is -2.37. The molecule has 1 heterocycles. The van der Waals surface area contributed by atoms with Crippen LogP contribution in [0.1, 0.15) is 89.5 Å². The Morgan fingerprint density at radius 1 is 0.821 bits per heavy atom. The second-order valence-electron chi connectivity index (χ2n) is 9.93. The van der Waals surface area contributed by atoms with Crippen LogP contribution in [-0.4, -0.2) is 8.80 Å². The van der Waals surface area contributed by atoms with Crippen molar-refractivity contribution in [2.75, 3.05) is 0 Å². The summed E-state index contributed by atoms with van der Waals surface area (Å²) in [6.45, 7) is 2.34. The van der Waals surface area contributed by atoms with Gasteiger partial charge in [0.15, 0.2) is 0 Å². The zero-order valence-electron chi connectivity index (χ0n) is 18.3. The van der Waals surface area contributed by atoms with E-state index < -0.39 is 0 Å². The Morgan fingerprint density at radius 2 is 1.50 bits per heavy atom. The van der Waals surface area contributed by atoms with Crippen molar-refractivity contribution in [2.24, 2.45) is 17.8 Å². The predicted molar refractivity (Wildman–Crippen MR) is 128 cm³/mol. The van der Waals surface area contributed by atoms with Gasteiger partial charge in [0, 0.05) is 13.8 Å². The van der Waals surface area contributed by atoms with Crippen LogP contribution in [-0.2, 0) is 6.42 Å². The molecular weight excluding hydrogens is 376 g/mol. The van der Waals surface area contributed by atoms with Gasteiger partial charge in [0.25, 0.3) is 0 Å². The van der Waals surface area contributed by atoms with Crippen LogP contribution < -0.4 is 0 Å². The molecule has 0 bridgehead atoms. The van der Waals surface area contributed by atoms with Crippen LogP contribution in [0, 0.1) is 17.8 Å². The average Bonchev–Trinajstić information content (AvgIpc) is 2.74. The Kier molecular flexibility index (Phi) is 9.95. The maximum atomic E-state index is 5.98. The molecule has 0 atom stereocenters. The van der Waals surface area contributed by atoms with Gasteiger partial charge in [-0.2, -0.15) is 0 Å². The van der Waals surface area contributed by atoms with Crippen molar-refractivity contribution in [3.63, 3.8) is 0 Å². The summed E-state index contributed by atoms with van der Waals surface area (Å²) in [6.07, 6.45) is 19.2. The van der Waals surface area contributed by atoms with Gasteiger partial charge in [-0.3, -0.25) is 0 Å². The van der Waals surface area contributed by atoms with E-state index in [9.17, 15) is 0 Å². The number of aryl methyl sites for hydroxylation is 1. The molecule has 1 aromatic carbocycles. The van der Waals surface area contributed by atoms with E-state index in [-0.39, 0.29) is 8.80 Å². The van der Waals surface area contributed by atoms with E-state index in [2.05, 4.69) is 19.1 Å². The highest BCUT2D eigenvalue weighted by atomic mass is 35.5. The van der Waals surface area contributed by atoms with Gasteiger partial charge < -0.3 is 0 Å². The molecule has 0 spiro atoms. The van der Waals surface area contributed by atoms with Crippen LogP contribution in [0.15, 0.2) is 24.3 Å². The van der Waals surface area contributed by atoms with Gasteiger partial charge in [-0.15, -0.1) is 0 Å². The lowest BCUT2D eigenvalue weighted by molar-refractivity contribution is 0.184. The SMILES string of the molecule is CCCCC[SiH]1CCC(C2CCC(CCCCc3ccc(Cl)cc3)CC2)CC1. The van der Waals surface area contributed by atoms with Crippen molar-refractivity contribution in [3.05, 3.63) is 34.9 Å².